The van der Waals surface area contributed by atoms with Gasteiger partial charge in [-0.15, -0.1) is 0 Å². The van der Waals surface area contributed by atoms with Gasteiger partial charge in [0.05, 0.1) is 0 Å². The minimum atomic E-state index is -0.310. The maximum absolute atomic E-state index is 11.6. The fraction of sp³-hybridized carbons (Fsp3) is 0. The summed E-state index contributed by atoms with van der Waals surface area (Å²) in [6, 6.07) is 17.8. The Hall–Kier alpha value is -2.13. The van der Waals surface area contributed by atoms with E-state index in [0.29, 0.717) is 5.56 Å². The minimum Gasteiger partial charge on any atom is -0.290 e. The third-order valence-corrected chi connectivity index (χ3v) is 2.32. The van der Waals surface area contributed by atoms with Crippen LogP contribution in [0.25, 0.3) is 11.1 Å². The lowest BCUT2D eigenvalue weighted by molar-refractivity contribution is 0.0954. The molecule has 0 fully saturated rings. The largest absolute Gasteiger partial charge is 0.290 e. The molecule has 3 heteroatoms. The molecule has 16 heavy (non-hydrogen) atoms. The Morgan fingerprint density at radius 1 is 1.19 bits per heavy atom. The molecular formula is C13H11N2O. The van der Waals surface area contributed by atoms with E-state index in [1.54, 1.807) is 12.1 Å². The molecule has 79 valence electrons. The molecule has 2 rings (SSSR count). The van der Waals surface area contributed by atoms with Crippen LogP contribution in [0.4, 0.5) is 0 Å². The molecule has 1 amide bonds. The van der Waals surface area contributed by atoms with Crippen LogP contribution in [0.15, 0.2) is 48.5 Å². The highest BCUT2D eigenvalue weighted by molar-refractivity contribution is 6.00. The molecule has 0 aliphatic rings. The fourth-order valence-corrected chi connectivity index (χ4v) is 1.57. The van der Waals surface area contributed by atoms with Crippen LogP contribution in [-0.2, 0) is 0 Å². The number of hydrogen-bond donors (Lipinski definition) is 2. The first kappa shape index (κ1) is 10.4. The van der Waals surface area contributed by atoms with Crippen LogP contribution >= 0.6 is 0 Å². The number of benzene rings is 2. The van der Waals surface area contributed by atoms with Gasteiger partial charge in [0.25, 0.3) is 5.91 Å². The Labute approximate surface area is 93.9 Å². The van der Waals surface area contributed by atoms with E-state index >= 15 is 0 Å². The Morgan fingerprint density at radius 2 is 1.94 bits per heavy atom. The third kappa shape index (κ3) is 1.94. The van der Waals surface area contributed by atoms with E-state index in [0.717, 1.165) is 11.1 Å². The number of nitrogens with one attached hydrogen (secondary N) is 1. The molecule has 3 nitrogen and oxygen atoms in total. The Balaban J connectivity index is 2.53. The molecule has 0 heterocycles. The second-order valence-electron chi connectivity index (χ2n) is 3.31. The molecule has 0 atom stereocenters. The van der Waals surface area contributed by atoms with Gasteiger partial charge in [-0.2, -0.15) is 0 Å². The summed E-state index contributed by atoms with van der Waals surface area (Å²) in [4.78, 5) is 11.6. The monoisotopic (exact) mass is 211 g/mol. The third-order valence-electron chi connectivity index (χ3n) is 2.32. The van der Waals surface area contributed by atoms with Gasteiger partial charge in [0.2, 0.25) is 0 Å². The average Bonchev–Trinajstić information content (AvgIpc) is 2.39. The number of hydrazine groups is 1. The molecule has 1 radical (unpaired) electrons. The molecule has 0 bridgehead atoms. The van der Waals surface area contributed by atoms with Crippen LogP contribution in [0, 0.1) is 6.07 Å². The summed E-state index contributed by atoms with van der Waals surface area (Å²) >= 11 is 0. The van der Waals surface area contributed by atoms with E-state index in [9.17, 15) is 4.79 Å². The van der Waals surface area contributed by atoms with Gasteiger partial charge in [0, 0.05) is 5.56 Å². The topological polar surface area (TPSA) is 55.1 Å². The summed E-state index contributed by atoms with van der Waals surface area (Å²) in [7, 11) is 0. The molecule has 0 aromatic heterocycles. The highest BCUT2D eigenvalue weighted by Gasteiger charge is 2.10. The zero-order valence-corrected chi connectivity index (χ0v) is 8.60. The molecule has 2 aromatic rings. The van der Waals surface area contributed by atoms with Crippen molar-refractivity contribution in [2.75, 3.05) is 0 Å². The summed E-state index contributed by atoms with van der Waals surface area (Å²) in [6.45, 7) is 0. The number of carbonyl (C=O) groups excluding carboxylic acids is 1. The number of nitrogens with two attached hydrogens (primary N) is 1. The molecule has 0 saturated heterocycles. The maximum atomic E-state index is 11.6. The predicted molar refractivity (Wildman–Crippen MR) is 62.4 cm³/mol. The SMILES string of the molecule is NNC(=O)c1c[c]ccc1-c1ccccc1. The van der Waals surface area contributed by atoms with E-state index < -0.39 is 0 Å². The number of amides is 1. The van der Waals surface area contributed by atoms with Crippen molar-refractivity contribution >= 4 is 5.91 Å². The van der Waals surface area contributed by atoms with Gasteiger partial charge in [0.1, 0.15) is 0 Å². The number of carbonyl (C=O) groups is 1. The lowest BCUT2D eigenvalue weighted by atomic mass is 9.99. The average molecular weight is 211 g/mol. The fourth-order valence-electron chi connectivity index (χ4n) is 1.57. The van der Waals surface area contributed by atoms with Gasteiger partial charge in [-0.1, -0.05) is 42.5 Å². The Kier molecular flexibility index (Phi) is 2.98. The van der Waals surface area contributed by atoms with Gasteiger partial charge in [-0.05, 0) is 23.3 Å². The van der Waals surface area contributed by atoms with Crippen LogP contribution in [0.3, 0.4) is 0 Å². The van der Waals surface area contributed by atoms with Crippen molar-refractivity contribution < 1.29 is 4.79 Å². The summed E-state index contributed by atoms with van der Waals surface area (Å²) in [5.41, 5.74) is 4.49. The number of nitrogen functional groups attached to an aromatic ring is 1. The molecule has 0 saturated carbocycles. The molecule has 2 aromatic carbocycles. The van der Waals surface area contributed by atoms with Crippen molar-refractivity contribution in [1.82, 2.24) is 5.43 Å². The van der Waals surface area contributed by atoms with Crippen molar-refractivity contribution in [3.63, 3.8) is 0 Å². The van der Waals surface area contributed by atoms with Crippen LogP contribution in [0.1, 0.15) is 10.4 Å². The van der Waals surface area contributed by atoms with Crippen molar-refractivity contribution in [3.8, 4) is 11.1 Å². The van der Waals surface area contributed by atoms with Crippen LogP contribution in [-0.4, -0.2) is 5.91 Å². The zero-order valence-electron chi connectivity index (χ0n) is 8.60. The molecular weight excluding hydrogens is 200 g/mol. The van der Waals surface area contributed by atoms with Gasteiger partial charge in [-0.25, -0.2) is 5.84 Å². The Bertz CT molecular complexity index is 494. The normalized spacial score (nSPS) is 9.81. The van der Waals surface area contributed by atoms with Crippen molar-refractivity contribution in [2.24, 2.45) is 5.84 Å². The van der Waals surface area contributed by atoms with Crippen molar-refractivity contribution in [3.05, 3.63) is 60.2 Å². The molecule has 0 aliphatic heterocycles. The smallest absolute Gasteiger partial charge is 0.265 e. The standard InChI is InChI=1S/C13H11N2O/c14-15-13(16)12-9-5-4-8-11(12)10-6-2-1-3-7-10/h1-4,6-9H,14H2,(H,15,16). The summed E-state index contributed by atoms with van der Waals surface area (Å²) in [5, 5.41) is 0. The van der Waals surface area contributed by atoms with Gasteiger partial charge in [-0.3, -0.25) is 10.2 Å². The quantitative estimate of drug-likeness (QED) is 0.452. The maximum Gasteiger partial charge on any atom is 0.265 e. The van der Waals surface area contributed by atoms with E-state index in [2.05, 4.69) is 11.5 Å². The second kappa shape index (κ2) is 4.59. The molecule has 3 N–H and O–H groups in total. The summed E-state index contributed by atoms with van der Waals surface area (Å²) < 4.78 is 0. The van der Waals surface area contributed by atoms with E-state index in [1.807, 2.05) is 36.4 Å². The molecule has 0 spiro atoms. The van der Waals surface area contributed by atoms with Crippen LogP contribution in [0.2, 0.25) is 0 Å². The summed E-state index contributed by atoms with van der Waals surface area (Å²) in [6.07, 6.45) is 0. The Morgan fingerprint density at radius 3 is 2.62 bits per heavy atom. The van der Waals surface area contributed by atoms with Crippen molar-refractivity contribution in [1.29, 1.82) is 0 Å². The highest BCUT2D eigenvalue weighted by atomic mass is 16.2. The first-order chi connectivity index (χ1) is 7.83. The molecule has 0 unspecified atom stereocenters. The first-order valence-corrected chi connectivity index (χ1v) is 4.89. The predicted octanol–water partition coefficient (Wildman–Crippen LogP) is 1.76. The van der Waals surface area contributed by atoms with E-state index in [-0.39, 0.29) is 5.91 Å². The molecule has 0 aliphatic carbocycles. The van der Waals surface area contributed by atoms with Gasteiger partial charge >= 0.3 is 0 Å². The van der Waals surface area contributed by atoms with Crippen LogP contribution < -0.4 is 11.3 Å². The first-order valence-electron chi connectivity index (χ1n) is 4.89. The van der Waals surface area contributed by atoms with Crippen molar-refractivity contribution in [2.45, 2.75) is 0 Å². The summed E-state index contributed by atoms with van der Waals surface area (Å²) in [5.74, 6) is 4.83. The lowest BCUT2D eigenvalue weighted by Crippen LogP contribution is -2.30. The van der Waals surface area contributed by atoms with E-state index in [1.165, 1.54) is 0 Å². The van der Waals surface area contributed by atoms with E-state index in [4.69, 9.17) is 5.84 Å². The van der Waals surface area contributed by atoms with Crippen LogP contribution in [0.5, 0.6) is 0 Å². The van der Waals surface area contributed by atoms with Gasteiger partial charge in [0.15, 0.2) is 0 Å². The minimum absolute atomic E-state index is 0.310. The second-order valence-corrected chi connectivity index (χ2v) is 3.31. The number of rotatable bonds is 2. The zero-order chi connectivity index (χ0) is 11.4. The number of hydrogen-bond acceptors (Lipinski definition) is 2. The highest BCUT2D eigenvalue weighted by Crippen LogP contribution is 2.22. The van der Waals surface area contributed by atoms with Gasteiger partial charge < -0.3 is 0 Å². The lowest BCUT2D eigenvalue weighted by Gasteiger charge is -2.07.